The highest BCUT2D eigenvalue weighted by Crippen LogP contribution is 2.44. The molecule has 3 saturated heterocycles. The lowest BCUT2D eigenvalue weighted by Gasteiger charge is -2.45. The highest BCUT2D eigenvalue weighted by Gasteiger charge is 2.46. The Hall–Kier alpha value is -4.20. The number of phenols is 1. The third kappa shape index (κ3) is 10.7. The lowest BCUT2D eigenvalue weighted by molar-refractivity contribution is -0.167. The third-order valence-electron chi connectivity index (χ3n) is 14.4. The Morgan fingerprint density at radius 2 is 1.78 bits per heavy atom. The van der Waals surface area contributed by atoms with Crippen LogP contribution < -0.4 is 20.9 Å². The van der Waals surface area contributed by atoms with Gasteiger partial charge in [0.15, 0.2) is 8.32 Å². The standard InChI is InChI=1S/C50H67ClN4O7Si/c1-49(2,3)63(5,6)62-43(37-16-18-41(56)46-38(37)17-19-45(57)54-46)31-52-30-35-28-40(51)39(29-42(35)60-4)47(58)53-24-11-8-13-33-14-12-15-36(27-33)50(22-9-7-10-23-50)48(59)61-44-32-55-25-20-34(44)21-26-55/h12,14-19,27-29,34,43-44,52,56H,7-11,13,20-26,30-32H2,1-6H3,(H,53,58)(H,54,57)/t43-,44-/m0/s1. The molecule has 1 aromatic heterocycles. The number of methoxy groups -OCH3 is 1. The number of amides is 1. The van der Waals surface area contributed by atoms with Gasteiger partial charge in [0.1, 0.15) is 17.6 Å². The van der Waals surface area contributed by atoms with Crippen LogP contribution in [0, 0.1) is 5.92 Å². The number of nitrogens with one attached hydrogen (secondary N) is 3. The number of hydrogen-bond donors (Lipinski definition) is 4. The molecule has 1 aliphatic carbocycles. The van der Waals surface area contributed by atoms with Crippen LogP contribution in [-0.2, 0) is 32.3 Å². The van der Waals surface area contributed by atoms with Gasteiger partial charge in [-0.2, -0.15) is 0 Å². The lowest BCUT2D eigenvalue weighted by atomic mass is 9.69. The highest BCUT2D eigenvalue weighted by molar-refractivity contribution is 6.74. The third-order valence-corrected chi connectivity index (χ3v) is 19.2. The fraction of sp³-hybridized carbons (Fsp3) is 0.540. The summed E-state index contributed by atoms with van der Waals surface area (Å²) in [6.45, 7) is 15.4. The molecule has 0 radical (unpaired) electrons. The molecular formula is C50H67ClN4O7Si. The molecule has 2 atom stereocenters. The molecule has 4 heterocycles. The second-order valence-electron chi connectivity index (χ2n) is 19.6. The van der Waals surface area contributed by atoms with Crippen LogP contribution in [-0.4, -0.2) is 81.1 Å². The fourth-order valence-corrected chi connectivity index (χ4v) is 11.1. The van der Waals surface area contributed by atoms with Gasteiger partial charge in [-0.25, -0.2) is 0 Å². The molecule has 4 aromatic rings. The van der Waals surface area contributed by atoms with Crippen molar-refractivity contribution in [2.45, 2.75) is 127 Å². The number of aromatic hydroxyl groups is 1. The molecule has 63 heavy (non-hydrogen) atoms. The number of aryl methyl sites for hydroxylation is 1. The van der Waals surface area contributed by atoms with Crippen LogP contribution in [0.4, 0.5) is 0 Å². The van der Waals surface area contributed by atoms with Crippen molar-refractivity contribution in [3.8, 4) is 11.5 Å². The van der Waals surface area contributed by atoms with E-state index in [0.29, 0.717) is 52.8 Å². The zero-order valence-corrected chi connectivity index (χ0v) is 39.8. The first kappa shape index (κ1) is 46.8. The monoisotopic (exact) mass is 898 g/mol. The zero-order valence-electron chi connectivity index (χ0n) is 38.0. The Morgan fingerprint density at radius 3 is 2.48 bits per heavy atom. The molecule has 4 fully saturated rings. The summed E-state index contributed by atoms with van der Waals surface area (Å²) in [6.07, 6.45) is 9.26. The van der Waals surface area contributed by atoms with Crippen molar-refractivity contribution in [2.75, 3.05) is 39.8 Å². The number of hydrogen-bond acceptors (Lipinski definition) is 9. The number of fused-ring (bicyclic) bond motifs is 4. The summed E-state index contributed by atoms with van der Waals surface area (Å²) in [5, 5.41) is 18.1. The smallest absolute Gasteiger partial charge is 0.316 e. The molecular weight excluding hydrogens is 832 g/mol. The SMILES string of the molecule is COc1cc(C(=O)NCCCCc2cccc(C3(C(=O)O[C@H]4CN5CCC4CC5)CCCCC3)c2)c(Cl)cc1CNC[C@H](O[Si](C)(C)C(C)(C)C)c1ccc(O)c2[nH]c(=O)ccc12. The van der Waals surface area contributed by atoms with E-state index in [0.717, 1.165) is 101 Å². The van der Waals surface area contributed by atoms with Gasteiger partial charge in [0.25, 0.3) is 5.91 Å². The van der Waals surface area contributed by atoms with Crippen molar-refractivity contribution < 1.29 is 28.6 Å². The van der Waals surface area contributed by atoms with Crippen molar-refractivity contribution in [3.05, 3.63) is 104 Å². The van der Waals surface area contributed by atoms with Gasteiger partial charge in [0.05, 0.1) is 34.7 Å². The minimum absolute atomic E-state index is 0.00193. The number of rotatable bonds is 17. The summed E-state index contributed by atoms with van der Waals surface area (Å²) in [5.74, 6) is 0.731. The molecule has 4 N–H and O–H groups in total. The topological polar surface area (TPSA) is 142 Å². The largest absolute Gasteiger partial charge is 0.506 e. The molecule has 1 saturated carbocycles. The summed E-state index contributed by atoms with van der Waals surface area (Å²) < 4.78 is 19.1. The Bertz CT molecular complexity index is 2310. The lowest BCUT2D eigenvalue weighted by Crippen LogP contribution is -2.53. The minimum Gasteiger partial charge on any atom is -0.506 e. The van der Waals surface area contributed by atoms with Gasteiger partial charge in [-0.1, -0.05) is 82.0 Å². The first-order valence-electron chi connectivity index (χ1n) is 23.0. The van der Waals surface area contributed by atoms with Crippen LogP contribution in [0.15, 0.2) is 65.5 Å². The van der Waals surface area contributed by atoms with Crippen LogP contribution in [0.3, 0.4) is 0 Å². The van der Waals surface area contributed by atoms with Gasteiger partial charge in [-0.05, 0) is 123 Å². The second kappa shape index (κ2) is 19.9. The number of aromatic nitrogens is 1. The number of carbonyl (C=O) groups is 2. The molecule has 0 unspecified atom stereocenters. The van der Waals surface area contributed by atoms with E-state index in [-0.39, 0.29) is 34.3 Å². The van der Waals surface area contributed by atoms with Gasteiger partial charge >= 0.3 is 5.97 Å². The average Bonchev–Trinajstić information content (AvgIpc) is 3.26. The van der Waals surface area contributed by atoms with Crippen molar-refractivity contribution in [1.29, 1.82) is 0 Å². The van der Waals surface area contributed by atoms with Crippen molar-refractivity contribution in [3.63, 3.8) is 0 Å². The Balaban J connectivity index is 0.945. The first-order valence-corrected chi connectivity index (χ1v) is 26.3. The molecule has 4 aliphatic rings. The van der Waals surface area contributed by atoms with Crippen molar-refractivity contribution in [1.82, 2.24) is 20.5 Å². The molecule has 8 rings (SSSR count). The van der Waals surface area contributed by atoms with Gasteiger partial charge in [0.2, 0.25) is 5.56 Å². The van der Waals surface area contributed by atoms with Crippen LogP contribution in [0.1, 0.15) is 117 Å². The van der Waals surface area contributed by atoms with Crippen LogP contribution in [0.25, 0.3) is 10.9 Å². The maximum atomic E-state index is 14.1. The van der Waals surface area contributed by atoms with Gasteiger partial charge < -0.3 is 34.6 Å². The summed E-state index contributed by atoms with van der Waals surface area (Å²) in [5.41, 5.74) is 3.77. The number of pyridine rings is 1. The van der Waals surface area contributed by atoms with Crippen molar-refractivity contribution >= 4 is 42.7 Å². The van der Waals surface area contributed by atoms with Crippen LogP contribution >= 0.6 is 11.6 Å². The van der Waals surface area contributed by atoms with E-state index in [2.05, 4.69) is 78.6 Å². The van der Waals surface area contributed by atoms with E-state index in [9.17, 15) is 19.5 Å². The van der Waals surface area contributed by atoms with Crippen LogP contribution in [0.2, 0.25) is 23.2 Å². The second-order valence-corrected chi connectivity index (χ2v) is 24.7. The zero-order chi connectivity index (χ0) is 44.9. The predicted octanol–water partition coefficient (Wildman–Crippen LogP) is 9.34. The Morgan fingerprint density at radius 1 is 1.02 bits per heavy atom. The minimum atomic E-state index is -2.28. The maximum Gasteiger partial charge on any atom is 0.316 e. The highest BCUT2D eigenvalue weighted by atomic mass is 35.5. The number of H-pyrrole nitrogens is 1. The fourth-order valence-electron chi connectivity index (χ4n) is 9.56. The molecule has 13 heteroatoms. The predicted molar refractivity (Wildman–Crippen MR) is 252 cm³/mol. The molecule has 2 bridgehead atoms. The van der Waals surface area contributed by atoms with E-state index < -0.39 is 19.8 Å². The summed E-state index contributed by atoms with van der Waals surface area (Å²) in [7, 11) is -0.701. The number of piperidine rings is 3. The number of phenolic OH excluding ortho intramolecular Hbond substituents is 1. The molecule has 0 spiro atoms. The van der Waals surface area contributed by atoms with E-state index in [1.807, 2.05) is 6.07 Å². The average molecular weight is 900 g/mol. The number of aromatic amines is 1. The van der Waals surface area contributed by atoms with Crippen molar-refractivity contribution in [2.24, 2.45) is 5.92 Å². The van der Waals surface area contributed by atoms with E-state index in [1.165, 1.54) is 11.6 Å². The number of ether oxygens (including phenoxy) is 2. The van der Waals surface area contributed by atoms with E-state index in [4.69, 9.17) is 25.5 Å². The molecule has 3 aromatic carbocycles. The van der Waals surface area contributed by atoms with Gasteiger partial charge in [-0.15, -0.1) is 0 Å². The Labute approximate surface area is 378 Å². The summed E-state index contributed by atoms with van der Waals surface area (Å²) >= 11 is 6.77. The number of benzene rings is 3. The number of halogens is 1. The number of esters is 1. The molecule has 340 valence electrons. The molecule has 11 nitrogen and oxygen atoms in total. The first-order chi connectivity index (χ1) is 30.1. The number of carbonyl (C=O) groups excluding carboxylic acids is 2. The Kier molecular flexibility index (Phi) is 14.8. The quantitative estimate of drug-likeness (QED) is 0.0464. The van der Waals surface area contributed by atoms with E-state index >= 15 is 0 Å². The summed E-state index contributed by atoms with van der Waals surface area (Å²) in [6, 6.07) is 18.7. The maximum absolute atomic E-state index is 14.1. The number of unbranched alkanes of at least 4 members (excludes halogenated alkanes) is 1. The molecule has 3 aliphatic heterocycles. The molecule has 1 amide bonds. The van der Waals surface area contributed by atoms with Gasteiger partial charge in [-0.3, -0.25) is 19.3 Å². The van der Waals surface area contributed by atoms with E-state index in [1.54, 1.807) is 31.4 Å². The van der Waals surface area contributed by atoms with Crippen LogP contribution in [0.5, 0.6) is 11.5 Å². The van der Waals surface area contributed by atoms with Gasteiger partial charge in [0, 0.05) is 43.2 Å². The number of nitrogens with zero attached hydrogens (tertiary/aromatic N) is 1. The summed E-state index contributed by atoms with van der Waals surface area (Å²) in [4.78, 5) is 44.9. The normalized spacial score (nSPS) is 20.3.